The van der Waals surface area contributed by atoms with E-state index in [0.717, 1.165) is 6.07 Å². The summed E-state index contributed by atoms with van der Waals surface area (Å²) in [4.78, 5) is 10.9. The fraction of sp³-hybridized carbons (Fsp3) is 0. The number of hydrogen-bond acceptors (Lipinski definition) is 4. The maximum Gasteiger partial charge on any atom is 0.266 e. The Morgan fingerprint density at radius 3 is 2.69 bits per heavy atom. The van der Waals surface area contributed by atoms with Gasteiger partial charge in [-0.1, -0.05) is 0 Å². The first kappa shape index (κ1) is 8.06. The van der Waals surface area contributed by atoms with Crippen LogP contribution in [-0.2, 0) is 10.0 Å². The largest absolute Gasteiger partial charge is 0.508 e. The van der Waals surface area contributed by atoms with Gasteiger partial charge >= 0.3 is 0 Å². The third-order valence-electron chi connectivity index (χ3n) is 1.72. The molecule has 6 heteroatoms. The SMILES string of the molecule is O=C1NS(=O)(=O)c2ccc(O)cc21. The topological polar surface area (TPSA) is 83.5 Å². The molecule has 2 rings (SSSR count). The number of fused-ring (bicyclic) bond motifs is 1. The predicted molar refractivity (Wildman–Crippen MR) is 42.8 cm³/mol. The first-order valence-corrected chi connectivity index (χ1v) is 4.89. The summed E-state index contributed by atoms with van der Waals surface area (Å²) in [5, 5.41) is 9.01. The maximum atomic E-state index is 11.2. The summed E-state index contributed by atoms with van der Waals surface area (Å²) in [6.45, 7) is 0. The Balaban J connectivity index is 2.80. The summed E-state index contributed by atoms with van der Waals surface area (Å²) < 4.78 is 24.1. The third kappa shape index (κ3) is 1.06. The van der Waals surface area contributed by atoms with Gasteiger partial charge in [0.25, 0.3) is 15.9 Å². The Bertz CT molecular complexity index is 491. The molecule has 1 aromatic rings. The van der Waals surface area contributed by atoms with E-state index in [9.17, 15) is 13.2 Å². The van der Waals surface area contributed by atoms with Crippen LogP contribution in [-0.4, -0.2) is 19.4 Å². The van der Waals surface area contributed by atoms with Crippen molar-refractivity contribution in [3.8, 4) is 5.75 Å². The number of amides is 1. The molecule has 2 N–H and O–H groups in total. The van der Waals surface area contributed by atoms with Crippen molar-refractivity contribution in [3.05, 3.63) is 23.8 Å². The highest BCUT2D eigenvalue weighted by Crippen LogP contribution is 2.25. The summed E-state index contributed by atoms with van der Waals surface area (Å²) in [5.74, 6) is -0.836. The van der Waals surface area contributed by atoms with Gasteiger partial charge in [0.05, 0.1) is 5.56 Å². The van der Waals surface area contributed by atoms with Crippen molar-refractivity contribution in [1.29, 1.82) is 0 Å². The first-order valence-electron chi connectivity index (χ1n) is 3.41. The van der Waals surface area contributed by atoms with Crippen LogP contribution in [0, 0.1) is 0 Å². The molecule has 0 fully saturated rings. The highest BCUT2D eigenvalue weighted by atomic mass is 32.2. The van der Waals surface area contributed by atoms with Crippen molar-refractivity contribution in [2.45, 2.75) is 4.90 Å². The van der Waals surface area contributed by atoms with Gasteiger partial charge in [-0.2, -0.15) is 0 Å². The lowest BCUT2D eigenvalue weighted by Gasteiger charge is -1.94. The van der Waals surface area contributed by atoms with Crippen LogP contribution in [0.25, 0.3) is 0 Å². The molecule has 1 aliphatic rings. The Morgan fingerprint density at radius 1 is 1.31 bits per heavy atom. The number of phenols is 1. The molecular weight excluding hydrogens is 194 g/mol. The molecule has 0 bridgehead atoms. The molecule has 0 aromatic heterocycles. The molecule has 0 aliphatic carbocycles. The standard InChI is InChI=1S/C7H5NO4S/c9-4-1-2-6-5(3-4)7(10)8-13(6,11)12/h1-3,9H,(H,8,10). The second-order valence-corrected chi connectivity index (χ2v) is 4.27. The number of aromatic hydroxyl groups is 1. The van der Waals surface area contributed by atoms with Gasteiger partial charge in [-0.25, -0.2) is 13.1 Å². The number of phenolic OH excluding ortho intramolecular Hbond substituents is 1. The lowest BCUT2D eigenvalue weighted by molar-refractivity contribution is 0.0984. The van der Waals surface area contributed by atoms with Gasteiger partial charge in [0.2, 0.25) is 0 Å². The van der Waals surface area contributed by atoms with Crippen molar-refractivity contribution < 1.29 is 18.3 Å². The number of benzene rings is 1. The molecule has 0 saturated carbocycles. The molecule has 68 valence electrons. The van der Waals surface area contributed by atoms with Gasteiger partial charge in [-0.15, -0.1) is 0 Å². The molecule has 0 saturated heterocycles. The average molecular weight is 199 g/mol. The van der Waals surface area contributed by atoms with E-state index in [1.807, 2.05) is 4.72 Å². The first-order chi connectivity index (χ1) is 6.00. The smallest absolute Gasteiger partial charge is 0.266 e. The molecule has 1 aromatic carbocycles. The Hall–Kier alpha value is -1.56. The van der Waals surface area contributed by atoms with E-state index in [-0.39, 0.29) is 16.2 Å². The van der Waals surface area contributed by atoms with E-state index in [1.54, 1.807) is 0 Å². The van der Waals surface area contributed by atoms with Crippen LogP contribution in [0.15, 0.2) is 23.1 Å². The maximum absolute atomic E-state index is 11.2. The molecule has 1 aliphatic heterocycles. The van der Waals surface area contributed by atoms with Gasteiger partial charge in [0.1, 0.15) is 10.6 Å². The summed E-state index contributed by atoms with van der Waals surface area (Å²) in [5.41, 5.74) is -0.0139. The fourth-order valence-corrected chi connectivity index (χ4v) is 2.31. The third-order valence-corrected chi connectivity index (χ3v) is 3.11. The Kier molecular flexibility index (Phi) is 1.38. The minimum atomic E-state index is -3.68. The summed E-state index contributed by atoms with van der Waals surface area (Å²) in [6, 6.07) is 3.53. The van der Waals surface area contributed by atoms with Crippen molar-refractivity contribution in [3.63, 3.8) is 0 Å². The van der Waals surface area contributed by atoms with Crippen molar-refractivity contribution in [2.75, 3.05) is 0 Å². The van der Waals surface area contributed by atoms with E-state index >= 15 is 0 Å². The van der Waals surface area contributed by atoms with Crippen molar-refractivity contribution >= 4 is 15.9 Å². The number of sulfonamides is 1. The number of rotatable bonds is 0. The molecule has 0 radical (unpaired) electrons. The molecule has 1 amide bonds. The highest BCUT2D eigenvalue weighted by molar-refractivity contribution is 7.90. The molecule has 5 nitrogen and oxygen atoms in total. The zero-order valence-corrected chi connectivity index (χ0v) is 7.13. The van der Waals surface area contributed by atoms with Gasteiger partial charge in [-0.3, -0.25) is 4.79 Å². The Morgan fingerprint density at radius 2 is 2.00 bits per heavy atom. The quantitative estimate of drug-likeness (QED) is 0.607. The summed E-state index contributed by atoms with van der Waals surface area (Å²) in [7, 11) is -3.68. The van der Waals surface area contributed by atoms with Crippen LogP contribution in [0.5, 0.6) is 5.75 Å². The summed E-state index contributed by atoms with van der Waals surface area (Å²) in [6.07, 6.45) is 0. The lowest BCUT2D eigenvalue weighted by Crippen LogP contribution is -2.20. The van der Waals surface area contributed by atoms with E-state index in [2.05, 4.69) is 0 Å². The molecule has 1 heterocycles. The zero-order chi connectivity index (χ0) is 9.64. The fourth-order valence-electron chi connectivity index (χ4n) is 1.16. The number of nitrogens with one attached hydrogen (secondary N) is 1. The van der Waals surface area contributed by atoms with Gasteiger partial charge in [-0.05, 0) is 18.2 Å². The Labute approximate surface area is 74.1 Å². The molecule has 0 unspecified atom stereocenters. The molecule has 13 heavy (non-hydrogen) atoms. The van der Waals surface area contributed by atoms with Crippen molar-refractivity contribution in [1.82, 2.24) is 4.72 Å². The number of hydrogen-bond donors (Lipinski definition) is 2. The second-order valence-electron chi connectivity index (χ2n) is 2.62. The van der Waals surface area contributed by atoms with Gasteiger partial charge in [0, 0.05) is 0 Å². The normalized spacial score (nSPS) is 18.0. The van der Waals surface area contributed by atoms with E-state index in [1.165, 1.54) is 12.1 Å². The van der Waals surface area contributed by atoms with Crippen LogP contribution in [0.3, 0.4) is 0 Å². The van der Waals surface area contributed by atoms with E-state index in [4.69, 9.17) is 5.11 Å². The molecular formula is C7H5NO4S. The predicted octanol–water partition coefficient (Wildman–Crippen LogP) is -0.176. The van der Waals surface area contributed by atoms with Crippen LogP contribution < -0.4 is 4.72 Å². The number of carbonyl (C=O) groups is 1. The minimum absolute atomic E-state index is 0.0139. The second kappa shape index (κ2) is 2.23. The minimum Gasteiger partial charge on any atom is -0.508 e. The molecule has 0 spiro atoms. The van der Waals surface area contributed by atoms with Gasteiger partial charge in [0.15, 0.2) is 0 Å². The average Bonchev–Trinajstić information content (AvgIpc) is 2.22. The monoisotopic (exact) mass is 199 g/mol. The van der Waals surface area contributed by atoms with Crippen LogP contribution >= 0.6 is 0 Å². The number of carbonyl (C=O) groups excluding carboxylic acids is 1. The van der Waals surface area contributed by atoms with Crippen molar-refractivity contribution in [2.24, 2.45) is 0 Å². The van der Waals surface area contributed by atoms with E-state index in [0.29, 0.717) is 0 Å². The molecule has 0 atom stereocenters. The van der Waals surface area contributed by atoms with E-state index < -0.39 is 15.9 Å². The van der Waals surface area contributed by atoms with Crippen LogP contribution in [0.4, 0.5) is 0 Å². The zero-order valence-electron chi connectivity index (χ0n) is 6.31. The lowest BCUT2D eigenvalue weighted by atomic mass is 10.2. The van der Waals surface area contributed by atoms with Crippen LogP contribution in [0.2, 0.25) is 0 Å². The van der Waals surface area contributed by atoms with Gasteiger partial charge < -0.3 is 5.11 Å². The van der Waals surface area contributed by atoms with Crippen LogP contribution in [0.1, 0.15) is 10.4 Å². The summed E-state index contributed by atoms with van der Waals surface area (Å²) >= 11 is 0. The highest BCUT2D eigenvalue weighted by Gasteiger charge is 2.32.